The maximum atomic E-state index is 12.8. The third-order valence-corrected chi connectivity index (χ3v) is 7.03. The van der Waals surface area contributed by atoms with E-state index in [4.69, 9.17) is 0 Å². The number of allylic oxidation sites excluding steroid dienone is 2. The summed E-state index contributed by atoms with van der Waals surface area (Å²) in [7, 11) is 0. The molecule has 5 rings (SSSR count). The predicted octanol–water partition coefficient (Wildman–Crippen LogP) is 2.59. The van der Waals surface area contributed by atoms with Gasteiger partial charge in [0.15, 0.2) is 0 Å². The summed E-state index contributed by atoms with van der Waals surface area (Å²) in [5, 5.41) is 25.9. The van der Waals surface area contributed by atoms with Gasteiger partial charge in [-0.15, -0.1) is 0 Å². The van der Waals surface area contributed by atoms with Gasteiger partial charge in [-0.2, -0.15) is 10.1 Å². The maximum absolute atomic E-state index is 12.8. The molecule has 2 bridgehead atoms. The monoisotopic (exact) mass is 431 g/mol. The molecule has 1 aliphatic heterocycles. The van der Waals surface area contributed by atoms with E-state index < -0.39 is 4.92 Å². The van der Waals surface area contributed by atoms with Gasteiger partial charge in [-0.25, -0.2) is 0 Å². The van der Waals surface area contributed by atoms with Crippen molar-refractivity contribution < 1.29 is 19.6 Å². The third kappa shape index (κ3) is 2.06. The van der Waals surface area contributed by atoms with Gasteiger partial charge >= 0.3 is 0 Å². The van der Waals surface area contributed by atoms with E-state index in [0.29, 0.717) is 0 Å². The van der Waals surface area contributed by atoms with E-state index in [1.54, 1.807) is 0 Å². The fourth-order valence-electron chi connectivity index (χ4n) is 5.11. The van der Waals surface area contributed by atoms with E-state index in [-0.39, 0.29) is 62.4 Å². The molecule has 2 saturated carbocycles. The number of fused-ring (bicyclic) bond motifs is 3. The second-order valence-electron chi connectivity index (χ2n) is 7.58. The Kier molecular flexibility index (Phi) is 3.23. The number of nitro benzene ring substituents is 1. The number of carbonyl (C=O) groups excluding carboxylic acids is 2. The minimum Gasteiger partial charge on any atom is -0.506 e. The fraction of sp³-hybridized carbons (Fsp3) is 0.389. The number of rotatable bonds is 3. The molecule has 8 nitrogen and oxygen atoms in total. The summed E-state index contributed by atoms with van der Waals surface area (Å²) in [6.07, 6.45) is 7.37. The molecule has 27 heavy (non-hydrogen) atoms. The Balaban J connectivity index is 1.46. The number of benzene rings is 1. The lowest BCUT2D eigenvalue weighted by atomic mass is 9.85. The molecule has 3 fully saturated rings. The second-order valence-corrected chi connectivity index (χ2v) is 8.43. The smallest absolute Gasteiger partial charge is 0.271 e. The highest BCUT2D eigenvalue weighted by Gasteiger charge is 2.73. The number of non-ortho nitro benzene ring substituents is 1. The van der Waals surface area contributed by atoms with Crippen LogP contribution in [0.1, 0.15) is 18.4 Å². The molecule has 4 atom stereocenters. The van der Waals surface area contributed by atoms with Crippen LogP contribution in [0.25, 0.3) is 0 Å². The average Bonchev–Trinajstić information content (AvgIpc) is 3.23. The number of imide groups is 1. The van der Waals surface area contributed by atoms with Gasteiger partial charge in [-0.05, 0) is 46.0 Å². The summed E-state index contributed by atoms with van der Waals surface area (Å²) in [5.74, 6) is -1.42. The van der Waals surface area contributed by atoms with E-state index in [0.717, 1.165) is 30.1 Å². The lowest BCUT2D eigenvalue weighted by molar-refractivity contribution is -0.385. The number of hydrogen-bond donors (Lipinski definition) is 1. The van der Waals surface area contributed by atoms with E-state index >= 15 is 0 Å². The third-order valence-electron chi connectivity index (χ3n) is 6.43. The lowest BCUT2D eigenvalue weighted by Gasteiger charge is -2.18. The standard InChI is InChI=1S/C18H14BrN3O5/c19-12-6-9(22(26)27)5-8(15(12)23)7-20-21-16(24)13-10-1-2-11(14(13)17(21)25)18(10)3-4-18/h1-2,5-7,10-11,13-14,23H,3-4H2/b20-7-/t10-,11-,13-,14-/m1/s1. The molecule has 138 valence electrons. The largest absolute Gasteiger partial charge is 0.506 e. The number of amides is 2. The first kappa shape index (κ1) is 16.6. The van der Waals surface area contributed by atoms with Crippen LogP contribution < -0.4 is 0 Å². The summed E-state index contributed by atoms with van der Waals surface area (Å²) in [5.41, 5.74) is -0.0805. The van der Waals surface area contributed by atoms with Gasteiger partial charge in [0.05, 0.1) is 27.4 Å². The number of hydrazone groups is 1. The zero-order valence-electron chi connectivity index (χ0n) is 13.9. The van der Waals surface area contributed by atoms with Crippen molar-refractivity contribution in [3.05, 3.63) is 44.4 Å². The summed E-state index contributed by atoms with van der Waals surface area (Å²) in [4.78, 5) is 36.0. The van der Waals surface area contributed by atoms with Gasteiger partial charge in [0.25, 0.3) is 17.5 Å². The van der Waals surface area contributed by atoms with Crippen LogP contribution in [0.4, 0.5) is 5.69 Å². The van der Waals surface area contributed by atoms with Crippen LogP contribution in [0.5, 0.6) is 5.75 Å². The van der Waals surface area contributed by atoms with Crippen LogP contribution >= 0.6 is 15.9 Å². The summed E-state index contributed by atoms with van der Waals surface area (Å²) < 4.78 is 0.131. The molecule has 1 heterocycles. The molecule has 9 heteroatoms. The van der Waals surface area contributed by atoms with Gasteiger partial charge < -0.3 is 5.11 Å². The Morgan fingerprint density at radius 2 is 1.81 bits per heavy atom. The van der Waals surface area contributed by atoms with Gasteiger partial charge in [0.1, 0.15) is 5.75 Å². The molecule has 1 aromatic carbocycles. The first-order valence-corrected chi connectivity index (χ1v) is 9.41. The summed E-state index contributed by atoms with van der Waals surface area (Å²) in [6.45, 7) is 0. The summed E-state index contributed by atoms with van der Waals surface area (Å²) >= 11 is 3.05. The number of aromatic hydroxyl groups is 1. The van der Waals surface area contributed by atoms with E-state index in [2.05, 4.69) is 33.2 Å². The molecule has 4 aliphatic rings. The Hall–Kier alpha value is -2.55. The van der Waals surface area contributed by atoms with Crippen molar-refractivity contribution in [2.45, 2.75) is 12.8 Å². The van der Waals surface area contributed by atoms with Crippen LogP contribution in [0.3, 0.4) is 0 Å². The molecule has 0 radical (unpaired) electrons. The Morgan fingerprint density at radius 3 is 2.33 bits per heavy atom. The summed E-state index contributed by atoms with van der Waals surface area (Å²) in [6, 6.07) is 2.31. The van der Waals surface area contributed by atoms with Crippen LogP contribution in [0, 0.1) is 39.2 Å². The van der Waals surface area contributed by atoms with Crippen molar-refractivity contribution in [2.75, 3.05) is 0 Å². The highest BCUT2D eigenvalue weighted by atomic mass is 79.9. The Morgan fingerprint density at radius 1 is 1.22 bits per heavy atom. The maximum Gasteiger partial charge on any atom is 0.271 e. The Labute approximate surface area is 161 Å². The molecule has 1 saturated heterocycles. The fourth-order valence-corrected chi connectivity index (χ4v) is 5.57. The number of nitro groups is 1. The van der Waals surface area contributed by atoms with Gasteiger partial charge in [-0.3, -0.25) is 19.7 Å². The van der Waals surface area contributed by atoms with Crippen molar-refractivity contribution >= 4 is 39.6 Å². The predicted molar refractivity (Wildman–Crippen MR) is 96.7 cm³/mol. The molecule has 1 spiro atoms. The van der Waals surface area contributed by atoms with Gasteiger partial charge in [-0.1, -0.05) is 12.2 Å². The number of carbonyl (C=O) groups is 2. The molecule has 1 aromatic rings. The molecule has 3 aliphatic carbocycles. The molecule has 0 unspecified atom stereocenters. The van der Waals surface area contributed by atoms with Crippen molar-refractivity contribution in [3.63, 3.8) is 0 Å². The molecule has 0 aromatic heterocycles. The zero-order valence-corrected chi connectivity index (χ0v) is 15.5. The van der Waals surface area contributed by atoms with E-state index in [1.807, 2.05) is 0 Å². The minimum atomic E-state index is -0.601. The topological polar surface area (TPSA) is 113 Å². The normalized spacial score (nSPS) is 32.1. The SMILES string of the molecule is O=C1[C@H]2[C@H](C(=O)N1/N=C\c1cc([N+](=O)[O-])cc(Br)c1O)[C@H]1C=C[C@H]2C12CC2. The average molecular weight is 432 g/mol. The van der Waals surface area contributed by atoms with Crippen LogP contribution in [0.15, 0.2) is 33.9 Å². The molecule has 1 N–H and O–H groups in total. The first-order valence-electron chi connectivity index (χ1n) is 8.62. The number of phenolic OH excluding ortho intramolecular Hbond substituents is 1. The van der Waals surface area contributed by atoms with Gasteiger partial charge in [0, 0.05) is 17.7 Å². The number of nitrogens with zero attached hydrogens (tertiary/aromatic N) is 3. The number of hydrogen-bond acceptors (Lipinski definition) is 6. The van der Waals surface area contributed by atoms with Crippen LogP contribution in [-0.4, -0.2) is 33.1 Å². The minimum absolute atomic E-state index is 0.0495. The highest BCUT2D eigenvalue weighted by molar-refractivity contribution is 9.10. The Bertz CT molecular complexity index is 949. The van der Waals surface area contributed by atoms with Crippen molar-refractivity contribution in [2.24, 2.45) is 34.2 Å². The molecule has 2 amide bonds. The number of halogens is 1. The van der Waals surface area contributed by atoms with E-state index in [1.165, 1.54) is 6.07 Å². The van der Waals surface area contributed by atoms with Crippen molar-refractivity contribution in [1.29, 1.82) is 0 Å². The van der Waals surface area contributed by atoms with Crippen LogP contribution in [0.2, 0.25) is 0 Å². The zero-order chi connectivity index (χ0) is 19.1. The first-order chi connectivity index (χ1) is 12.8. The second kappa shape index (κ2) is 5.25. The number of phenols is 1. The highest BCUT2D eigenvalue weighted by Crippen LogP contribution is 2.73. The van der Waals surface area contributed by atoms with Crippen LogP contribution in [-0.2, 0) is 9.59 Å². The van der Waals surface area contributed by atoms with Gasteiger partial charge in [0.2, 0.25) is 0 Å². The lowest BCUT2D eigenvalue weighted by Crippen LogP contribution is -2.30. The molecular formula is C18H14BrN3O5. The van der Waals surface area contributed by atoms with Crippen molar-refractivity contribution in [3.8, 4) is 5.75 Å². The molecular weight excluding hydrogens is 418 g/mol. The quantitative estimate of drug-likeness (QED) is 0.259. The van der Waals surface area contributed by atoms with Crippen molar-refractivity contribution in [1.82, 2.24) is 5.01 Å². The van der Waals surface area contributed by atoms with E-state index in [9.17, 15) is 24.8 Å².